The number of aliphatic hydroxyl groups is 1. The normalized spacial score (nSPS) is 14.3. The minimum Gasteiger partial charge on any atom is -0.462 e. The van der Waals surface area contributed by atoms with Crippen molar-refractivity contribution in [3.63, 3.8) is 0 Å². The maximum absolute atomic E-state index is 13.0. The van der Waals surface area contributed by atoms with Gasteiger partial charge in [-0.15, -0.1) is 0 Å². The summed E-state index contributed by atoms with van der Waals surface area (Å²) in [4.78, 5) is 72.1. The van der Waals surface area contributed by atoms with Gasteiger partial charge in [-0.2, -0.15) is 0 Å². The zero-order chi connectivity index (χ0) is 62.2. The highest BCUT2D eigenvalue weighted by molar-refractivity contribution is 7.47. The molecule has 17 nitrogen and oxygen atoms in total. The molecule has 3 N–H and O–H groups in total. The van der Waals surface area contributed by atoms with Gasteiger partial charge in [0.2, 0.25) is 0 Å². The molecule has 0 heterocycles. The molecule has 0 aliphatic carbocycles. The summed E-state index contributed by atoms with van der Waals surface area (Å²) in [7, 11) is -9.88. The molecule has 0 aromatic rings. The molecular formula is C65H126O17P2. The SMILES string of the molecule is CCCCCCCCCCCCCCCCCCCC(=O)O[C@H](COC(=O)CCCCCCCCC(C)C)COP(=O)(O)OC[C@@H](O)COP(=O)(O)OC[C@@H](COC(=O)CCCCCCCCCCC)OC(=O)CCCCCCCCC(C)C. The Bertz CT molecular complexity index is 1650. The summed E-state index contributed by atoms with van der Waals surface area (Å²) in [5.41, 5.74) is 0. The number of esters is 4. The molecule has 0 aliphatic rings. The number of hydrogen-bond acceptors (Lipinski definition) is 15. The third-order valence-corrected chi connectivity index (χ3v) is 16.9. The van der Waals surface area contributed by atoms with Crippen LogP contribution in [0.4, 0.5) is 0 Å². The third-order valence-electron chi connectivity index (χ3n) is 15.0. The molecule has 0 saturated heterocycles. The van der Waals surface area contributed by atoms with Crippen molar-refractivity contribution in [1.82, 2.24) is 0 Å². The van der Waals surface area contributed by atoms with E-state index in [0.29, 0.717) is 37.5 Å². The van der Waals surface area contributed by atoms with Gasteiger partial charge in [0.15, 0.2) is 12.2 Å². The van der Waals surface area contributed by atoms with Crippen molar-refractivity contribution >= 4 is 39.5 Å². The van der Waals surface area contributed by atoms with Crippen LogP contribution in [0.3, 0.4) is 0 Å². The van der Waals surface area contributed by atoms with Crippen LogP contribution in [0, 0.1) is 11.8 Å². The summed E-state index contributed by atoms with van der Waals surface area (Å²) in [6.07, 6.45) is 40.7. The lowest BCUT2D eigenvalue weighted by Crippen LogP contribution is -2.30. The topological polar surface area (TPSA) is 237 Å². The van der Waals surface area contributed by atoms with E-state index in [1.165, 1.54) is 135 Å². The predicted molar refractivity (Wildman–Crippen MR) is 335 cm³/mol. The van der Waals surface area contributed by atoms with E-state index < -0.39 is 97.5 Å². The lowest BCUT2D eigenvalue weighted by Gasteiger charge is -2.21. The minimum atomic E-state index is -4.94. The van der Waals surface area contributed by atoms with Crippen molar-refractivity contribution in [2.75, 3.05) is 39.6 Å². The van der Waals surface area contributed by atoms with Gasteiger partial charge in [-0.25, -0.2) is 9.13 Å². The van der Waals surface area contributed by atoms with Crippen molar-refractivity contribution in [3.05, 3.63) is 0 Å². The van der Waals surface area contributed by atoms with E-state index in [2.05, 4.69) is 41.5 Å². The predicted octanol–water partition coefficient (Wildman–Crippen LogP) is 18.0. The fourth-order valence-corrected chi connectivity index (χ4v) is 11.3. The third kappa shape index (κ3) is 59.0. The first-order valence-electron chi connectivity index (χ1n) is 34.0. The van der Waals surface area contributed by atoms with Crippen LogP contribution in [0.2, 0.25) is 0 Å². The minimum absolute atomic E-state index is 0.102. The second-order valence-electron chi connectivity index (χ2n) is 24.5. The monoisotopic (exact) mass is 1240 g/mol. The van der Waals surface area contributed by atoms with E-state index in [4.69, 9.17) is 37.0 Å². The quantitative estimate of drug-likeness (QED) is 0.0222. The van der Waals surface area contributed by atoms with E-state index in [9.17, 15) is 43.2 Å². The van der Waals surface area contributed by atoms with E-state index in [-0.39, 0.29) is 25.7 Å². The summed E-state index contributed by atoms with van der Waals surface area (Å²) in [6.45, 7) is 9.32. The first-order valence-corrected chi connectivity index (χ1v) is 37.0. The molecule has 498 valence electrons. The van der Waals surface area contributed by atoms with E-state index in [0.717, 1.165) is 96.3 Å². The van der Waals surface area contributed by atoms with E-state index >= 15 is 0 Å². The van der Waals surface area contributed by atoms with Crippen LogP contribution >= 0.6 is 15.6 Å². The Kier molecular flexibility index (Phi) is 56.2. The zero-order valence-electron chi connectivity index (χ0n) is 54.2. The van der Waals surface area contributed by atoms with E-state index in [1.54, 1.807) is 0 Å². The van der Waals surface area contributed by atoms with Gasteiger partial charge in [-0.3, -0.25) is 37.3 Å². The van der Waals surface area contributed by atoms with Gasteiger partial charge in [0.05, 0.1) is 26.4 Å². The molecule has 84 heavy (non-hydrogen) atoms. The first-order chi connectivity index (χ1) is 40.4. The Morgan fingerprint density at radius 3 is 0.810 bits per heavy atom. The van der Waals surface area contributed by atoms with Gasteiger partial charge >= 0.3 is 39.5 Å². The lowest BCUT2D eigenvalue weighted by atomic mass is 10.0. The second-order valence-corrected chi connectivity index (χ2v) is 27.4. The number of ether oxygens (including phenoxy) is 4. The molecule has 0 saturated carbocycles. The summed E-state index contributed by atoms with van der Waals surface area (Å²) in [5, 5.41) is 10.5. The van der Waals surface area contributed by atoms with Crippen molar-refractivity contribution in [2.24, 2.45) is 11.8 Å². The van der Waals surface area contributed by atoms with Crippen LogP contribution in [0.1, 0.15) is 324 Å². The van der Waals surface area contributed by atoms with Crippen molar-refractivity contribution in [2.45, 2.75) is 342 Å². The van der Waals surface area contributed by atoms with Crippen LogP contribution in [0.15, 0.2) is 0 Å². The molecule has 0 aromatic heterocycles. The van der Waals surface area contributed by atoms with Crippen LogP contribution in [-0.4, -0.2) is 96.7 Å². The summed E-state index contributed by atoms with van der Waals surface area (Å²) < 4.78 is 67.9. The molecule has 0 amide bonds. The molecule has 0 bridgehead atoms. The van der Waals surface area contributed by atoms with Crippen molar-refractivity contribution in [3.8, 4) is 0 Å². The molecule has 0 fully saturated rings. The van der Waals surface area contributed by atoms with Gasteiger partial charge < -0.3 is 33.8 Å². The Labute approximate surface area is 511 Å². The molecule has 0 aromatic carbocycles. The number of hydrogen-bond donors (Lipinski definition) is 3. The largest absolute Gasteiger partial charge is 0.472 e. The Hall–Kier alpha value is -1.94. The summed E-state index contributed by atoms with van der Waals surface area (Å²) in [6, 6.07) is 0. The van der Waals surface area contributed by atoms with Crippen LogP contribution in [0.5, 0.6) is 0 Å². The zero-order valence-corrected chi connectivity index (χ0v) is 56.0. The number of rotatable bonds is 64. The van der Waals surface area contributed by atoms with Crippen molar-refractivity contribution < 1.29 is 80.2 Å². The molecule has 19 heteroatoms. The smallest absolute Gasteiger partial charge is 0.462 e. The summed E-state index contributed by atoms with van der Waals surface area (Å²) >= 11 is 0. The van der Waals surface area contributed by atoms with Crippen LogP contribution < -0.4 is 0 Å². The summed E-state index contributed by atoms with van der Waals surface area (Å²) in [5.74, 6) is -0.790. The molecule has 0 rings (SSSR count). The van der Waals surface area contributed by atoms with Gasteiger partial charge in [0.25, 0.3) is 0 Å². The Balaban J connectivity index is 5.18. The van der Waals surface area contributed by atoms with Crippen LogP contribution in [0.25, 0.3) is 0 Å². The number of phosphoric ester groups is 2. The molecule has 0 spiro atoms. The van der Waals surface area contributed by atoms with Crippen LogP contribution in [-0.2, 0) is 65.4 Å². The standard InChI is InChI=1S/C65H126O17P2/c1-7-9-11-13-15-17-18-19-20-21-22-23-24-26-28-37-43-49-64(69)81-60(54-76-63(68)48-42-36-31-29-33-39-45-57(3)4)55-79-83(71,72)77-51-59(66)52-78-84(73,74)80-56-61(82-65(70)50-44-38-32-30-34-40-46-58(5)6)53-75-62(67)47-41-35-27-25-16-14-12-10-8-2/h57-61,66H,7-56H2,1-6H3,(H,71,72)(H,73,74)/t59-,60-,61-/m1/s1. The van der Waals surface area contributed by atoms with E-state index in [1.807, 2.05) is 0 Å². The van der Waals surface area contributed by atoms with Gasteiger partial charge in [-0.05, 0) is 37.5 Å². The number of carbonyl (C=O) groups excluding carboxylic acids is 4. The fraction of sp³-hybridized carbons (Fsp3) is 0.938. The lowest BCUT2D eigenvalue weighted by molar-refractivity contribution is -0.161. The van der Waals surface area contributed by atoms with Gasteiger partial charge in [0.1, 0.15) is 19.3 Å². The molecule has 2 unspecified atom stereocenters. The Morgan fingerprint density at radius 1 is 0.321 bits per heavy atom. The average Bonchev–Trinajstić information content (AvgIpc) is 3.48. The maximum Gasteiger partial charge on any atom is 0.472 e. The maximum atomic E-state index is 13.0. The molecule has 0 radical (unpaired) electrons. The Morgan fingerprint density at radius 2 is 0.548 bits per heavy atom. The number of aliphatic hydroxyl groups excluding tert-OH is 1. The highest BCUT2D eigenvalue weighted by atomic mass is 31.2. The number of unbranched alkanes of at least 4 members (excludes halogenated alkanes) is 34. The van der Waals surface area contributed by atoms with Gasteiger partial charge in [0, 0.05) is 25.7 Å². The van der Waals surface area contributed by atoms with Gasteiger partial charge in [-0.1, -0.05) is 273 Å². The fourth-order valence-electron chi connectivity index (χ4n) is 9.71. The molecule has 5 atom stereocenters. The van der Waals surface area contributed by atoms with Crippen molar-refractivity contribution in [1.29, 1.82) is 0 Å². The molecular weight excluding hydrogens is 1110 g/mol. The molecule has 0 aliphatic heterocycles. The highest BCUT2D eigenvalue weighted by Crippen LogP contribution is 2.45. The second kappa shape index (κ2) is 57.5. The number of phosphoric acid groups is 2. The first kappa shape index (κ1) is 82.1. The average molecular weight is 1240 g/mol. The number of carbonyl (C=O) groups is 4. The highest BCUT2D eigenvalue weighted by Gasteiger charge is 2.30.